The molecule has 0 bridgehead atoms. The summed E-state index contributed by atoms with van der Waals surface area (Å²) in [5.74, 6) is 1.71. The van der Waals surface area contributed by atoms with Gasteiger partial charge in [0.25, 0.3) is 5.91 Å². The van der Waals surface area contributed by atoms with Gasteiger partial charge in [-0.25, -0.2) is 0 Å². The molecule has 29 heavy (non-hydrogen) atoms. The minimum absolute atomic E-state index is 0.000601. The first-order chi connectivity index (χ1) is 14.1. The van der Waals surface area contributed by atoms with Crippen molar-refractivity contribution in [2.45, 2.75) is 31.7 Å². The molecule has 0 fully saturated rings. The second kappa shape index (κ2) is 8.03. The minimum atomic E-state index is -0.195. The average molecular weight is 396 g/mol. The second-order valence-corrected chi connectivity index (χ2v) is 7.22. The number of ether oxygens (including phenoxy) is 3. The number of hydrogen-bond donors (Lipinski definition) is 2. The molecule has 2 aromatic carbocycles. The number of carbonyl (C=O) groups excluding carboxylic acids is 2. The summed E-state index contributed by atoms with van der Waals surface area (Å²) in [6.45, 7) is -0.0914. The lowest BCUT2D eigenvalue weighted by atomic mass is 10.0. The Bertz CT molecular complexity index is 956. The zero-order valence-corrected chi connectivity index (χ0v) is 16.5. The van der Waals surface area contributed by atoms with Crippen LogP contribution >= 0.6 is 0 Å². The molecule has 0 spiro atoms. The molecule has 1 aliphatic carbocycles. The van der Waals surface area contributed by atoms with Gasteiger partial charge in [-0.05, 0) is 54.2 Å². The Hall–Kier alpha value is -3.22. The summed E-state index contributed by atoms with van der Waals surface area (Å²) in [5.41, 5.74) is 4.03. The molecule has 1 heterocycles. The van der Waals surface area contributed by atoms with Gasteiger partial charge in [0.05, 0.1) is 20.3 Å². The van der Waals surface area contributed by atoms with E-state index in [0.29, 0.717) is 23.7 Å². The first kappa shape index (κ1) is 19.1. The zero-order chi connectivity index (χ0) is 20.4. The summed E-state index contributed by atoms with van der Waals surface area (Å²) in [5, 5.41) is 5.87. The van der Waals surface area contributed by atoms with Crippen LogP contribution < -0.4 is 24.8 Å². The van der Waals surface area contributed by atoms with Crippen LogP contribution in [0.25, 0.3) is 0 Å². The van der Waals surface area contributed by atoms with E-state index in [1.807, 2.05) is 24.3 Å². The van der Waals surface area contributed by atoms with Crippen molar-refractivity contribution in [3.05, 3.63) is 47.0 Å². The third-order valence-electron chi connectivity index (χ3n) is 5.41. The minimum Gasteiger partial charge on any atom is -0.493 e. The van der Waals surface area contributed by atoms with Crippen LogP contribution in [0.2, 0.25) is 0 Å². The lowest BCUT2D eigenvalue weighted by molar-refractivity contribution is -0.123. The monoisotopic (exact) mass is 396 g/mol. The number of benzene rings is 2. The topological polar surface area (TPSA) is 85.9 Å². The number of methoxy groups -OCH3 is 2. The molecule has 1 atom stereocenters. The van der Waals surface area contributed by atoms with Gasteiger partial charge in [-0.2, -0.15) is 0 Å². The second-order valence-electron chi connectivity index (χ2n) is 7.22. The van der Waals surface area contributed by atoms with Gasteiger partial charge in [0, 0.05) is 18.2 Å². The van der Waals surface area contributed by atoms with E-state index < -0.39 is 0 Å². The quantitative estimate of drug-likeness (QED) is 0.784. The van der Waals surface area contributed by atoms with Crippen LogP contribution in [0.4, 0.5) is 5.69 Å². The van der Waals surface area contributed by atoms with Crippen molar-refractivity contribution in [2.75, 3.05) is 26.1 Å². The third kappa shape index (κ3) is 3.99. The first-order valence-corrected chi connectivity index (χ1v) is 9.67. The summed E-state index contributed by atoms with van der Waals surface area (Å²) in [6.07, 6.45) is 2.90. The van der Waals surface area contributed by atoms with E-state index >= 15 is 0 Å². The van der Waals surface area contributed by atoms with Gasteiger partial charge < -0.3 is 24.8 Å². The van der Waals surface area contributed by atoms with E-state index in [0.717, 1.165) is 41.6 Å². The van der Waals surface area contributed by atoms with E-state index in [9.17, 15) is 9.59 Å². The molecule has 152 valence electrons. The Morgan fingerprint density at radius 3 is 2.66 bits per heavy atom. The van der Waals surface area contributed by atoms with E-state index in [-0.39, 0.29) is 24.5 Å². The number of anilines is 1. The molecule has 0 saturated carbocycles. The summed E-state index contributed by atoms with van der Waals surface area (Å²) >= 11 is 0. The van der Waals surface area contributed by atoms with Crippen LogP contribution in [0.3, 0.4) is 0 Å². The highest BCUT2D eigenvalue weighted by molar-refractivity contribution is 5.94. The Balaban J connectivity index is 1.38. The molecule has 0 saturated heterocycles. The SMILES string of the molecule is COc1cc2c(cc1OC)[C@@H](NC(=O)COc1ccc3c(c1)NC(=O)CC3)CC2. The zero-order valence-electron chi connectivity index (χ0n) is 16.5. The van der Waals surface area contributed by atoms with Crippen molar-refractivity contribution in [3.63, 3.8) is 0 Å². The molecule has 7 nitrogen and oxygen atoms in total. The van der Waals surface area contributed by atoms with Gasteiger partial charge in [0.1, 0.15) is 5.75 Å². The Labute approximate surface area is 169 Å². The van der Waals surface area contributed by atoms with Crippen molar-refractivity contribution >= 4 is 17.5 Å². The van der Waals surface area contributed by atoms with Crippen LogP contribution in [0.1, 0.15) is 35.6 Å². The van der Waals surface area contributed by atoms with Crippen molar-refractivity contribution in [2.24, 2.45) is 0 Å². The highest BCUT2D eigenvalue weighted by Crippen LogP contribution is 2.39. The lowest BCUT2D eigenvalue weighted by Gasteiger charge is -2.18. The highest BCUT2D eigenvalue weighted by Gasteiger charge is 2.26. The van der Waals surface area contributed by atoms with Crippen LogP contribution in [-0.2, 0) is 22.4 Å². The Morgan fingerprint density at radius 1 is 1.07 bits per heavy atom. The molecule has 0 aromatic heterocycles. The largest absolute Gasteiger partial charge is 0.493 e. The van der Waals surface area contributed by atoms with Crippen molar-refractivity contribution in [3.8, 4) is 17.2 Å². The fraction of sp³-hybridized carbons (Fsp3) is 0.364. The molecular formula is C22H24N2O5. The summed E-state index contributed by atoms with van der Waals surface area (Å²) in [7, 11) is 3.21. The highest BCUT2D eigenvalue weighted by atomic mass is 16.5. The summed E-state index contributed by atoms with van der Waals surface area (Å²) in [4.78, 5) is 24.0. The molecule has 2 aliphatic rings. The predicted molar refractivity (Wildman–Crippen MR) is 108 cm³/mol. The first-order valence-electron chi connectivity index (χ1n) is 9.67. The van der Waals surface area contributed by atoms with Crippen LogP contribution in [0, 0.1) is 0 Å². The van der Waals surface area contributed by atoms with E-state index in [1.165, 1.54) is 0 Å². The summed E-state index contributed by atoms with van der Waals surface area (Å²) < 4.78 is 16.4. The number of amides is 2. The fourth-order valence-corrected chi connectivity index (χ4v) is 3.91. The van der Waals surface area contributed by atoms with Crippen molar-refractivity contribution in [1.82, 2.24) is 5.32 Å². The number of fused-ring (bicyclic) bond motifs is 2. The Morgan fingerprint density at radius 2 is 1.86 bits per heavy atom. The predicted octanol–water partition coefficient (Wildman–Crippen LogP) is 2.77. The van der Waals surface area contributed by atoms with Crippen molar-refractivity contribution < 1.29 is 23.8 Å². The smallest absolute Gasteiger partial charge is 0.258 e. The molecule has 2 aromatic rings. The molecule has 0 radical (unpaired) electrons. The molecule has 4 rings (SSSR count). The number of rotatable bonds is 6. The molecule has 1 aliphatic heterocycles. The fourth-order valence-electron chi connectivity index (χ4n) is 3.91. The molecule has 2 amide bonds. The number of nitrogens with one attached hydrogen (secondary N) is 2. The van der Waals surface area contributed by atoms with Gasteiger partial charge in [-0.15, -0.1) is 0 Å². The number of aryl methyl sites for hydroxylation is 2. The van der Waals surface area contributed by atoms with Crippen molar-refractivity contribution in [1.29, 1.82) is 0 Å². The molecule has 0 unspecified atom stereocenters. The summed E-state index contributed by atoms with van der Waals surface area (Å²) in [6, 6.07) is 9.34. The molecular weight excluding hydrogens is 372 g/mol. The standard InChI is InChI=1S/C22H24N2O5/c1-27-19-9-14-4-7-17(16(14)11-20(19)28-2)23-22(26)12-29-15-6-3-13-5-8-21(25)24-18(13)10-15/h3,6,9-11,17H,4-5,7-8,12H2,1-2H3,(H,23,26)(H,24,25)/t17-/m0/s1. The molecule has 7 heteroatoms. The maximum Gasteiger partial charge on any atom is 0.258 e. The van der Waals surface area contributed by atoms with Gasteiger partial charge in [-0.1, -0.05) is 6.07 Å². The number of carbonyl (C=O) groups is 2. The van der Waals surface area contributed by atoms with E-state index in [2.05, 4.69) is 10.6 Å². The van der Waals surface area contributed by atoms with Gasteiger partial charge in [0.15, 0.2) is 18.1 Å². The van der Waals surface area contributed by atoms with Gasteiger partial charge in [0.2, 0.25) is 5.91 Å². The molecule has 2 N–H and O–H groups in total. The van der Waals surface area contributed by atoms with Crippen LogP contribution in [-0.4, -0.2) is 32.6 Å². The lowest BCUT2D eigenvalue weighted by Crippen LogP contribution is -2.31. The van der Waals surface area contributed by atoms with Crippen LogP contribution in [0.15, 0.2) is 30.3 Å². The van der Waals surface area contributed by atoms with Gasteiger partial charge in [-0.3, -0.25) is 9.59 Å². The normalized spacial score (nSPS) is 17.0. The maximum atomic E-state index is 12.4. The van der Waals surface area contributed by atoms with E-state index in [1.54, 1.807) is 20.3 Å². The van der Waals surface area contributed by atoms with E-state index in [4.69, 9.17) is 14.2 Å². The average Bonchev–Trinajstić information content (AvgIpc) is 3.12. The van der Waals surface area contributed by atoms with Crippen LogP contribution in [0.5, 0.6) is 17.2 Å². The Kier molecular flexibility index (Phi) is 5.29. The van der Waals surface area contributed by atoms with Gasteiger partial charge >= 0.3 is 0 Å². The third-order valence-corrected chi connectivity index (χ3v) is 5.41. The maximum absolute atomic E-state index is 12.4. The number of hydrogen-bond acceptors (Lipinski definition) is 5.